The van der Waals surface area contributed by atoms with E-state index in [1.165, 1.54) is 12.8 Å². The first-order chi connectivity index (χ1) is 16.1. The molecule has 8 heteroatoms. The molecular weight excluding hydrogens is 452 g/mol. The van der Waals surface area contributed by atoms with Gasteiger partial charge in [-0.1, -0.05) is 67.6 Å². The van der Waals surface area contributed by atoms with Crippen molar-refractivity contribution < 1.29 is 14.3 Å². The number of piperazine rings is 1. The summed E-state index contributed by atoms with van der Waals surface area (Å²) in [6.45, 7) is 6.06. The zero-order chi connectivity index (χ0) is 22.8. The zero-order valence-corrected chi connectivity index (χ0v) is 20.4. The largest absolute Gasteiger partial charge is 0.431 e. The second kappa shape index (κ2) is 10.2. The number of amides is 3. The Morgan fingerprint density at radius 3 is 2.24 bits per heavy atom. The quantitative estimate of drug-likeness (QED) is 0.651. The molecule has 2 aliphatic heterocycles. The average Bonchev–Trinajstić information content (AvgIpc) is 3.66. The number of benzene rings is 2. The number of carbonyl (C=O) groups excluding carboxylic acids is 2. The van der Waals surface area contributed by atoms with Gasteiger partial charge in [-0.25, -0.2) is 9.59 Å². The molecule has 0 spiro atoms. The van der Waals surface area contributed by atoms with Crippen LogP contribution in [-0.4, -0.2) is 78.2 Å². The summed E-state index contributed by atoms with van der Waals surface area (Å²) in [5, 5.41) is 3.10. The number of hydrogen-bond acceptors (Lipinski definition) is 4. The van der Waals surface area contributed by atoms with Crippen LogP contribution in [0.1, 0.15) is 30.9 Å². The van der Waals surface area contributed by atoms with Crippen molar-refractivity contribution in [2.75, 3.05) is 39.3 Å². The van der Waals surface area contributed by atoms with Crippen LogP contribution >= 0.6 is 12.4 Å². The molecule has 3 fully saturated rings. The van der Waals surface area contributed by atoms with E-state index in [-0.39, 0.29) is 30.6 Å². The Hall–Kier alpha value is -2.77. The lowest BCUT2D eigenvalue weighted by atomic mass is 9.79. The van der Waals surface area contributed by atoms with Gasteiger partial charge in [0.1, 0.15) is 6.04 Å². The number of ether oxygens (including phenoxy) is 1. The Morgan fingerprint density at radius 1 is 1.06 bits per heavy atom. The number of likely N-dealkylation sites (N-methyl/N-ethyl adjacent to an activating group) is 1. The normalized spacial score (nSPS) is 21.0. The molecule has 2 heterocycles. The fourth-order valence-electron chi connectivity index (χ4n) is 5.30. The van der Waals surface area contributed by atoms with Crippen molar-refractivity contribution in [3.05, 3.63) is 71.8 Å². The number of halogens is 1. The lowest BCUT2D eigenvalue weighted by Crippen LogP contribution is -2.60. The van der Waals surface area contributed by atoms with Crippen LogP contribution in [0.4, 0.5) is 9.59 Å². The van der Waals surface area contributed by atoms with Gasteiger partial charge < -0.3 is 15.0 Å². The summed E-state index contributed by atoms with van der Waals surface area (Å²) in [5.74, 6) is 0. The minimum Gasteiger partial charge on any atom is -0.431 e. The van der Waals surface area contributed by atoms with E-state index in [2.05, 4.69) is 17.1 Å². The molecule has 7 nitrogen and oxygen atoms in total. The summed E-state index contributed by atoms with van der Waals surface area (Å²) < 4.78 is 6.18. The first kappa shape index (κ1) is 24.4. The molecule has 34 heavy (non-hydrogen) atoms. The van der Waals surface area contributed by atoms with Crippen LogP contribution in [-0.2, 0) is 10.3 Å². The van der Waals surface area contributed by atoms with E-state index in [9.17, 15) is 9.59 Å². The van der Waals surface area contributed by atoms with Gasteiger partial charge >= 0.3 is 12.1 Å². The van der Waals surface area contributed by atoms with Crippen LogP contribution < -0.4 is 5.32 Å². The number of hydrogen-bond donors (Lipinski definition) is 1. The van der Waals surface area contributed by atoms with Crippen molar-refractivity contribution in [2.45, 2.75) is 37.5 Å². The standard InChI is InChI=1S/C26H32N4O3.ClH/c1-2-28(22-13-14-22)16-15-27-24(31)29-17-18-30-23(19-29)26(33-25(30)32,20-9-5-3-6-10-20)21-11-7-4-8-12-21;/h3-12,22-23H,2,13-19H2,1H3,(H,27,31);1H. The van der Waals surface area contributed by atoms with Gasteiger partial charge in [0.2, 0.25) is 0 Å². The average molecular weight is 485 g/mol. The fourth-order valence-corrected chi connectivity index (χ4v) is 5.30. The number of nitrogens with zero attached hydrogens (tertiary/aromatic N) is 3. The number of fused-ring (bicyclic) bond motifs is 1. The Labute approximate surface area is 207 Å². The molecule has 3 aliphatic rings. The van der Waals surface area contributed by atoms with Crippen LogP contribution in [0.2, 0.25) is 0 Å². The van der Waals surface area contributed by atoms with Gasteiger partial charge in [-0.15, -0.1) is 12.4 Å². The van der Waals surface area contributed by atoms with Crippen molar-refractivity contribution in [1.82, 2.24) is 20.0 Å². The van der Waals surface area contributed by atoms with Crippen molar-refractivity contribution in [1.29, 1.82) is 0 Å². The number of nitrogens with one attached hydrogen (secondary N) is 1. The molecule has 1 atom stereocenters. The van der Waals surface area contributed by atoms with Crippen LogP contribution in [0.5, 0.6) is 0 Å². The molecular formula is C26H33ClN4O3. The van der Waals surface area contributed by atoms with Crippen molar-refractivity contribution in [2.24, 2.45) is 0 Å². The van der Waals surface area contributed by atoms with E-state index < -0.39 is 5.60 Å². The molecule has 5 rings (SSSR count). The van der Waals surface area contributed by atoms with Crippen LogP contribution in [0, 0.1) is 0 Å². The van der Waals surface area contributed by atoms with Gasteiger partial charge in [0, 0.05) is 49.9 Å². The highest BCUT2D eigenvalue weighted by Crippen LogP contribution is 2.45. The second-order valence-corrected chi connectivity index (χ2v) is 9.08. The summed E-state index contributed by atoms with van der Waals surface area (Å²) >= 11 is 0. The molecule has 1 saturated carbocycles. The molecule has 1 aliphatic carbocycles. The smallest absolute Gasteiger partial charge is 0.411 e. The van der Waals surface area contributed by atoms with E-state index in [1.807, 2.05) is 65.6 Å². The molecule has 0 radical (unpaired) electrons. The highest BCUT2D eigenvalue weighted by Gasteiger charge is 2.58. The number of cyclic esters (lactones) is 1. The monoisotopic (exact) mass is 484 g/mol. The third kappa shape index (κ3) is 4.46. The second-order valence-electron chi connectivity index (χ2n) is 9.08. The van der Waals surface area contributed by atoms with Gasteiger partial charge in [0.05, 0.1) is 0 Å². The van der Waals surface area contributed by atoms with Gasteiger partial charge in [0.15, 0.2) is 5.60 Å². The lowest BCUT2D eigenvalue weighted by molar-refractivity contribution is 0.0511. The number of rotatable bonds is 7. The highest BCUT2D eigenvalue weighted by atomic mass is 35.5. The summed E-state index contributed by atoms with van der Waals surface area (Å²) in [4.78, 5) is 32.1. The third-order valence-electron chi connectivity index (χ3n) is 7.17. The molecule has 1 unspecified atom stereocenters. The van der Waals surface area contributed by atoms with Gasteiger partial charge in [0.25, 0.3) is 0 Å². The maximum atomic E-state index is 13.1. The maximum absolute atomic E-state index is 13.1. The Morgan fingerprint density at radius 2 is 1.68 bits per heavy atom. The van der Waals surface area contributed by atoms with E-state index in [0.29, 0.717) is 32.2 Å². The Balaban J connectivity index is 0.00000274. The predicted molar refractivity (Wildman–Crippen MR) is 133 cm³/mol. The molecule has 2 saturated heterocycles. The predicted octanol–water partition coefficient (Wildman–Crippen LogP) is 3.68. The first-order valence-corrected chi connectivity index (χ1v) is 12.0. The van der Waals surface area contributed by atoms with E-state index in [4.69, 9.17) is 4.74 Å². The third-order valence-corrected chi connectivity index (χ3v) is 7.17. The van der Waals surface area contributed by atoms with Crippen LogP contribution in [0.15, 0.2) is 60.7 Å². The summed E-state index contributed by atoms with van der Waals surface area (Å²) in [6, 6.07) is 20.1. The molecule has 0 bridgehead atoms. The minimum absolute atomic E-state index is 0. The van der Waals surface area contributed by atoms with Crippen molar-refractivity contribution in [3.8, 4) is 0 Å². The summed E-state index contributed by atoms with van der Waals surface area (Å²) in [5.41, 5.74) is 0.883. The molecule has 182 valence electrons. The molecule has 2 aromatic rings. The SMILES string of the molecule is CCN(CCNC(=O)N1CCN2C(=O)OC(c3ccccc3)(c3ccccc3)C2C1)C1CC1.Cl. The summed E-state index contributed by atoms with van der Waals surface area (Å²) in [6.07, 6.45) is 2.21. The molecule has 1 N–H and O–H groups in total. The van der Waals surface area contributed by atoms with Gasteiger partial charge in [-0.05, 0) is 19.4 Å². The minimum atomic E-state index is -0.955. The van der Waals surface area contributed by atoms with Gasteiger partial charge in [-0.3, -0.25) is 9.80 Å². The molecule has 2 aromatic carbocycles. The fraction of sp³-hybridized carbons (Fsp3) is 0.462. The topological polar surface area (TPSA) is 65.1 Å². The Kier molecular flexibility index (Phi) is 7.33. The highest BCUT2D eigenvalue weighted by molar-refractivity contribution is 5.85. The molecule has 0 aromatic heterocycles. The first-order valence-electron chi connectivity index (χ1n) is 12.0. The number of carbonyl (C=O) groups is 2. The zero-order valence-electron chi connectivity index (χ0n) is 19.6. The number of urea groups is 1. The van der Waals surface area contributed by atoms with Crippen LogP contribution in [0.25, 0.3) is 0 Å². The van der Waals surface area contributed by atoms with Crippen molar-refractivity contribution >= 4 is 24.5 Å². The molecule has 3 amide bonds. The van der Waals surface area contributed by atoms with E-state index >= 15 is 0 Å². The lowest BCUT2D eigenvalue weighted by Gasteiger charge is -2.42. The Bertz CT molecular complexity index is 947. The van der Waals surface area contributed by atoms with E-state index in [1.54, 1.807) is 4.90 Å². The summed E-state index contributed by atoms with van der Waals surface area (Å²) in [7, 11) is 0. The van der Waals surface area contributed by atoms with Gasteiger partial charge in [-0.2, -0.15) is 0 Å². The van der Waals surface area contributed by atoms with Crippen molar-refractivity contribution in [3.63, 3.8) is 0 Å². The maximum Gasteiger partial charge on any atom is 0.411 e. The van der Waals surface area contributed by atoms with Crippen LogP contribution in [0.3, 0.4) is 0 Å². The van der Waals surface area contributed by atoms with E-state index in [0.717, 1.165) is 24.2 Å².